The molecule has 0 aromatic rings. The number of esters is 1. The second-order valence-electron chi connectivity index (χ2n) is 23.5. The van der Waals surface area contributed by atoms with E-state index in [2.05, 4.69) is 5.32 Å². The van der Waals surface area contributed by atoms with Crippen LogP contribution in [0.15, 0.2) is 47.6 Å². The molecular weight excluding hydrogens is 1100 g/mol. The zero-order valence-corrected chi connectivity index (χ0v) is 52.3. The first-order chi connectivity index (χ1) is 40.7. The minimum absolute atomic E-state index is 0.0205. The average molecular weight is 1210 g/mol. The predicted molar refractivity (Wildman–Crippen MR) is 317 cm³/mol. The van der Waals surface area contributed by atoms with Gasteiger partial charge in [-0.3, -0.25) is 14.4 Å². The van der Waals surface area contributed by atoms with E-state index in [9.17, 15) is 39.3 Å². The van der Waals surface area contributed by atoms with Crippen LogP contribution in [0.1, 0.15) is 125 Å². The molecule has 2 bridgehead atoms. The molecule has 2 saturated heterocycles. The van der Waals surface area contributed by atoms with Crippen molar-refractivity contribution in [3.63, 3.8) is 0 Å². The highest BCUT2D eigenvalue weighted by molar-refractivity contribution is 6.39. The Kier molecular flexibility index (Phi) is 34.4. The van der Waals surface area contributed by atoms with Gasteiger partial charge in [-0.05, 0) is 120 Å². The average Bonchev–Trinajstić information content (AvgIpc) is 2.98. The van der Waals surface area contributed by atoms with Crippen LogP contribution in [-0.2, 0) is 71.3 Å². The van der Waals surface area contributed by atoms with Crippen LogP contribution in [0.2, 0.25) is 0 Å². The van der Waals surface area contributed by atoms with Crippen molar-refractivity contribution in [3.05, 3.63) is 47.6 Å². The number of allylic oxidation sites excluding steroid dienone is 6. The molecule has 4 aliphatic rings. The molecule has 2 amide bonds. The third kappa shape index (κ3) is 25.2. The van der Waals surface area contributed by atoms with Crippen LogP contribution in [0.4, 0.5) is 4.79 Å². The fourth-order valence-corrected chi connectivity index (χ4v) is 11.5. The number of cyclic esters (lactones) is 1. The molecule has 0 aromatic carbocycles. The number of ketones is 2. The maximum Gasteiger partial charge on any atom is 0.407 e. The van der Waals surface area contributed by atoms with E-state index in [1.807, 2.05) is 51.2 Å². The van der Waals surface area contributed by atoms with Gasteiger partial charge in [-0.1, -0.05) is 64.2 Å². The van der Waals surface area contributed by atoms with E-state index in [0.717, 1.165) is 5.57 Å². The Morgan fingerprint density at radius 1 is 0.718 bits per heavy atom. The molecule has 1 aliphatic carbocycles. The lowest BCUT2D eigenvalue weighted by Gasteiger charge is -2.42. The Morgan fingerprint density at radius 2 is 1.36 bits per heavy atom. The number of nitrogens with zero attached hydrogens (tertiary/aromatic N) is 1. The maximum atomic E-state index is 14.6. The van der Waals surface area contributed by atoms with E-state index >= 15 is 0 Å². The monoisotopic (exact) mass is 1210 g/mol. The van der Waals surface area contributed by atoms with Gasteiger partial charge >= 0.3 is 12.1 Å². The minimum atomic E-state index is -2.45. The Morgan fingerprint density at radius 3 is 2.00 bits per heavy atom. The molecule has 3 fully saturated rings. The molecule has 15 atom stereocenters. The highest BCUT2D eigenvalue weighted by atomic mass is 16.6. The van der Waals surface area contributed by atoms with Crippen molar-refractivity contribution in [3.8, 4) is 0 Å². The zero-order valence-electron chi connectivity index (χ0n) is 52.3. The number of nitrogens with two attached hydrogens (primary N) is 1. The molecule has 0 radical (unpaired) electrons. The minimum Gasteiger partial charge on any atom is -0.459 e. The van der Waals surface area contributed by atoms with Crippen LogP contribution in [0.3, 0.4) is 0 Å². The summed E-state index contributed by atoms with van der Waals surface area (Å²) in [4.78, 5) is 70.9. The van der Waals surface area contributed by atoms with Crippen LogP contribution in [-0.4, -0.2) is 217 Å². The van der Waals surface area contributed by atoms with Gasteiger partial charge in [-0.2, -0.15) is 0 Å². The molecule has 1 saturated carbocycles. The topological polar surface area (TPSA) is 289 Å². The van der Waals surface area contributed by atoms with Crippen molar-refractivity contribution in [2.75, 3.05) is 107 Å². The number of carbonyl (C=O) groups is 5. The number of nitrogens with one attached hydrogen (secondary N) is 1. The second kappa shape index (κ2) is 39.8. The van der Waals surface area contributed by atoms with Crippen molar-refractivity contribution in [1.29, 1.82) is 0 Å². The molecule has 3 heterocycles. The fourth-order valence-electron chi connectivity index (χ4n) is 11.5. The largest absolute Gasteiger partial charge is 0.459 e. The molecular formula is C63H105N3O19. The molecule has 0 aromatic heterocycles. The van der Waals surface area contributed by atoms with E-state index < -0.39 is 102 Å². The summed E-state index contributed by atoms with van der Waals surface area (Å²) in [7, 11) is 4.75. The molecule has 4 rings (SSSR count). The number of aliphatic hydroxyl groups excluding tert-OH is 2. The molecule has 22 heteroatoms. The van der Waals surface area contributed by atoms with Gasteiger partial charge in [0.1, 0.15) is 30.5 Å². The number of amides is 2. The van der Waals surface area contributed by atoms with Crippen LogP contribution in [0.25, 0.3) is 0 Å². The Balaban J connectivity index is 1.41. The summed E-state index contributed by atoms with van der Waals surface area (Å²) in [6.07, 6.45) is 10.3. The SMILES string of the molecule is COCCOCCOCCOCCOCCOCCNC(=O)O[C@@H]1CC[C@@H](C[C@@H](N)[C@@H]2CC[C@H](C)/C=C(\C)[C@@H](O)[C@@H](O)C(=O)[C@H](C)C[C@H](C)/C=C/C=C/C=C(\C)[C@@H](OC)C[C@@H]3CC[C@@H](C)[C@@](O)(O3)C(=O)C(=O)N3CCCC[C@H]3C(=O)O2)C[C@H]1OC. The first-order valence-corrected chi connectivity index (χ1v) is 30.9. The number of methoxy groups -OCH3 is 3. The Hall–Kier alpha value is -4.01. The lowest BCUT2D eigenvalue weighted by Crippen LogP contribution is -2.61. The number of Topliss-reactive ketones (excluding diaryl/α,β-unsaturated/α-hetero) is 2. The molecule has 486 valence electrons. The van der Waals surface area contributed by atoms with Crippen molar-refractivity contribution in [2.45, 2.75) is 186 Å². The van der Waals surface area contributed by atoms with Crippen LogP contribution in [0, 0.1) is 29.6 Å². The van der Waals surface area contributed by atoms with Crippen LogP contribution >= 0.6 is 0 Å². The van der Waals surface area contributed by atoms with Crippen molar-refractivity contribution >= 4 is 29.5 Å². The molecule has 3 aliphatic heterocycles. The fraction of sp³-hybridized carbons (Fsp3) is 0.794. The third-order valence-corrected chi connectivity index (χ3v) is 16.7. The zero-order chi connectivity index (χ0) is 62.3. The van der Waals surface area contributed by atoms with E-state index in [-0.39, 0.29) is 50.3 Å². The number of ether oxygens (including phenoxy) is 11. The lowest BCUT2D eigenvalue weighted by molar-refractivity contribution is -0.265. The van der Waals surface area contributed by atoms with Gasteiger partial charge in [-0.25, -0.2) is 9.59 Å². The first kappa shape index (κ1) is 73.5. The van der Waals surface area contributed by atoms with Gasteiger partial charge < -0.3 is 83.4 Å². The summed E-state index contributed by atoms with van der Waals surface area (Å²) in [5, 5.41) is 37.2. The number of hydrogen-bond acceptors (Lipinski definition) is 20. The predicted octanol–water partition coefficient (Wildman–Crippen LogP) is 5.50. The van der Waals surface area contributed by atoms with Crippen LogP contribution < -0.4 is 11.1 Å². The van der Waals surface area contributed by atoms with Gasteiger partial charge in [0, 0.05) is 58.7 Å². The number of aliphatic hydroxyl groups is 3. The summed E-state index contributed by atoms with van der Waals surface area (Å²) in [6.45, 7) is 15.9. The Labute approximate surface area is 505 Å². The van der Waals surface area contributed by atoms with E-state index in [1.54, 1.807) is 48.2 Å². The number of hydrogen-bond donors (Lipinski definition) is 5. The number of fused-ring (bicyclic) bond motifs is 3. The van der Waals surface area contributed by atoms with E-state index in [0.29, 0.717) is 142 Å². The van der Waals surface area contributed by atoms with Crippen molar-refractivity contribution in [2.24, 2.45) is 35.3 Å². The third-order valence-electron chi connectivity index (χ3n) is 16.7. The second-order valence-corrected chi connectivity index (χ2v) is 23.5. The van der Waals surface area contributed by atoms with Gasteiger partial charge in [0.2, 0.25) is 5.79 Å². The van der Waals surface area contributed by atoms with Crippen molar-refractivity contribution in [1.82, 2.24) is 10.2 Å². The number of piperidine rings is 1. The van der Waals surface area contributed by atoms with E-state index in [4.69, 9.17) is 57.8 Å². The van der Waals surface area contributed by atoms with Gasteiger partial charge in [0.15, 0.2) is 5.78 Å². The summed E-state index contributed by atoms with van der Waals surface area (Å²) < 4.78 is 62.4. The van der Waals surface area contributed by atoms with Crippen molar-refractivity contribution < 1.29 is 91.4 Å². The number of carbonyl (C=O) groups excluding carboxylic acids is 5. The number of rotatable bonds is 24. The summed E-state index contributed by atoms with van der Waals surface area (Å²) in [5.74, 6) is -7.36. The molecule has 6 N–H and O–H groups in total. The van der Waals surface area contributed by atoms with Gasteiger partial charge in [-0.15, -0.1) is 0 Å². The molecule has 0 spiro atoms. The highest BCUT2D eigenvalue weighted by Crippen LogP contribution is 2.37. The maximum absolute atomic E-state index is 14.6. The lowest BCUT2D eigenvalue weighted by atomic mass is 9.80. The standard InChI is InChI=1S/C63H105N3O19/c1-42-15-11-10-12-16-44(3)54(76-8)41-49-21-19-47(6)63(74,85-49)59(70)60(71)66-25-14-13-17-51(66)61(72)83-52(22-18-43(2)38-46(5)57(68)58(69)56(67)45(4)37-42)50(64)39-48-20-23-53(55(40-48)77-9)84-62(73)65-24-26-78-29-30-80-33-34-82-36-35-81-32-31-79-28-27-75-7/h10-12,15-16,38,42-43,45,47-55,57-58,68-69,74H,13-14,17-37,39-41,64H2,1-9H3,(H,65,73)/b12-10+,15-11+,44-16+,46-38+/t42-,43+,45-,47-,48+,49+,50-,51+,52+,53-,54+,55-,57-,58+,63-/m1/s1. The molecule has 0 unspecified atom stereocenters. The summed E-state index contributed by atoms with van der Waals surface area (Å²) >= 11 is 0. The first-order valence-electron chi connectivity index (χ1n) is 30.9. The normalized spacial score (nSPS) is 33.6. The van der Waals surface area contributed by atoms with Crippen LogP contribution in [0.5, 0.6) is 0 Å². The van der Waals surface area contributed by atoms with Gasteiger partial charge in [0.05, 0.1) is 91.0 Å². The summed E-state index contributed by atoms with van der Waals surface area (Å²) in [6, 6.07) is -1.85. The quantitative estimate of drug-likeness (QED) is 0.0345. The Bertz CT molecular complexity index is 2120. The summed E-state index contributed by atoms with van der Waals surface area (Å²) in [5.41, 5.74) is 8.33. The van der Waals surface area contributed by atoms with Gasteiger partial charge in [0.25, 0.3) is 11.7 Å². The molecule has 85 heavy (non-hydrogen) atoms. The molecule has 22 nitrogen and oxygen atoms in total. The van der Waals surface area contributed by atoms with E-state index in [1.165, 1.54) is 4.90 Å². The number of alkyl carbamates (subject to hydrolysis) is 1. The smallest absolute Gasteiger partial charge is 0.407 e. The highest BCUT2D eigenvalue weighted by Gasteiger charge is 2.53.